The molecule has 1 atom stereocenters. The van der Waals surface area contributed by atoms with Gasteiger partial charge in [0.1, 0.15) is 11.2 Å². The van der Waals surface area contributed by atoms with Crippen molar-refractivity contribution in [3.8, 4) is 0 Å². The zero-order chi connectivity index (χ0) is 13.8. The Labute approximate surface area is 115 Å². The van der Waals surface area contributed by atoms with E-state index in [1.165, 1.54) is 8.99 Å². The van der Waals surface area contributed by atoms with Crippen LogP contribution in [0.5, 0.6) is 0 Å². The normalized spacial score (nSPS) is 26.1. The molecule has 1 aromatic heterocycles. The Kier molecular flexibility index (Phi) is 2.84. The second-order valence-corrected chi connectivity index (χ2v) is 6.90. The second kappa shape index (κ2) is 4.19. The van der Waals surface area contributed by atoms with Crippen LogP contribution in [0, 0.1) is 0 Å². The van der Waals surface area contributed by atoms with E-state index in [9.17, 15) is 13.2 Å². The predicted molar refractivity (Wildman–Crippen MR) is 67.4 cm³/mol. The lowest BCUT2D eigenvalue weighted by molar-refractivity contribution is -0.127. The van der Waals surface area contributed by atoms with Crippen molar-refractivity contribution in [3.63, 3.8) is 0 Å². The van der Waals surface area contributed by atoms with Crippen LogP contribution in [0.15, 0.2) is 6.07 Å². The fourth-order valence-electron chi connectivity index (χ4n) is 2.55. The van der Waals surface area contributed by atoms with Gasteiger partial charge in [0.05, 0.1) is 12.2 Å². The molecule has 0 spiro atoms. The third-order valence-electron chi connectivity index (χ3n) is 3.49. The molecule has 104 valence electrons. The number of halogens is 1. The summed E-state index contributed by atoms with van der Waals surface area (Å²) in [6.45, 7) is 0.354. The third kappa shape index (κ3) is 1.86. The van der Waals surface area contributed by atoms with Crippen LogP contribution in [0.25, 0.3) is 0 Å². The van der Waals surface area contributed by atoms with Crippen molar-refractivity contribution >= 4 is 27.7 Å². The molecule has 0 radical (unpaired) electrons. The van der Waals surface area contributed by atoms with Gasteiger partial charge in [0.15, 0.2) is 0 Å². The van der Waals surface area contributed by atoms with Gasteiger partial charge in [0.2, 0.25) is 0 Å². The molecule has 0 bridgehead atoms. The van der Waals surface area contributed by atoms with Gasteiger partial charge in [-0.15, -0.1) is 0 Å². The van der Waals surface area contributed by atoms with E-state index < -0.39 is 16.3 Å². The molecule has 1 amide bonds. The fraction of sp³-hybridized carbons (Fsp3) is 0.600. The molecular formula is C10H13ClN4O3S. The molecule has 7 nitrogen and oxygen atoms in total. The molecule has 0 saturated carbocycles. The molecule has 2 aliphatic heterocycles. The smallest absolute Gasteiger partial charge is 0.272 e. The molecule has 2 saturated heterocycles. The molecule has 2 fully saturated rings. The SMILES string of the molecule is Cn1nc(CN2C(=O)[C@@H]3CCCN3S2(=O)=O)cc1Cl. The number of hydrogen-bond donors (Lipinski definition) is 0. The molecule has 3 rings (SSSR count). The quantitative estimate of drug-likeness (QED) is 0.778. The number of rotatable bonds is 2. The molecule has 1 aromatic rings. The van der Waals surface area contributed by atoms with Gasteiger partial charge in [0.25, 0.3) is 5.91 Å². The molecule has 9 heteroatoms. The molecule has 19 heavy (non-hydrogen) atoms. The Morgan fingerprint density at radius 1 is 1.53 bits per heavy atom. The van der Waals surface area contributed by atoms with Crippen molar-refractivity contribution in [1.82, 2.24) is 18.4 Å². The summed E-state index contributed by atoms with van der Waals surface area (Å²) in [6.07, 6.45) is 1.33. The van der Waals surface area contributed by atoms with Crippen LogP contribution >= 0.6 is 11.6 Å². The Morgan fingerprint density at radius 3 is 2.84 bits per heavy atom. The molecule has 0 N–H and O–H groups in total. The van der Waals surface area contributed by atoms with Crippen LogP contribution in [0.1, 0.15) is 18.5 Å². The summed E-state index contributed by atoms with van der Waals surface area (Å²) in [5.74, 6) is -0.362. The number of amides is 1. The Bertz CT molecular complexity index is 622. The van der Waals surface area contributed by atoms with Crippen LogP contribution < -0.4 is 0 Å². The predicted octanol–water partition coefficient (Wildman–Crippen LogP) is 0.125. The summed E-state index contributed by atoms with van der Waals surface area (Å²) in [5.41, 5.74) is 0.464. The topological polar surface area (TPSA) is 75.5 Å². The number of fused-ring (bicyclic) bond motifs is 1. The summed E-state index contributed by atoms with van der Waals surface area (Å²) in [5, 5.41) is 4.48. The van der Waals surface area contributed by atoms with Crippen molar-refractivity contribution in [2.75, 3.05) is 6.54 Å². The van der Waals surface area contributed by atoms with Crippen molar-refractivity contribution < 1.29 is 13.2 Å². The van der Waals surface area contributed by atoms with Crippen LogP contribution in [-0.4, -0.2) is 45.3 Å². The first-order valence-electron chi connectivity index (χ1n) is 5.93. The van der Waals surface area contributed by atoms with Gasteiger partial charge in [-0.25, -0.2) is 4.31 Å². The van der Waals surface area contributed by atoms with E-state index in [1.807, 2.05) is 0 Å². The van der Waals surface area contributed by atoms with Gasteiger partial charge in [0, 0.05) is 19.7 Å². The molecule has 0 aliphatic carbocycles. The zero-order valence-electron chi connectivity index (χ0n) is 10.3. The maximum absolute atomic E-state index is 12.2. The fourth-order valence-corrected chi connectivity index (χ4v) is 4.49. The van der Waals surface area contributed by atoms with Gasteiger partial charge >= 0.3 is 10.2 Å². The second-order valence-electron chi connectivity index (χ2n) is 4.70. The van der Waals surface area contributed by atoms with Gasteiger partial charge in [-0.1, -0.05) is 11.6 Å². The van der Waals surface area contributed by atoms with Crippen molar-refractivity contribution in [2.24, 2.45) is 7.05 Å². The first-order valence-corrected chi connectivity index (χ1v) is 7.70. The Morgan fingerprint density at radius 2 is 2.26 bits per heavy atom. The molecular weight excluding hydrogens is 292 g/mol. The number of nitrogens with zero attached hydrogens (tertiary/aromatic N) is 4. The maximum Gasteiger partial charge on any atom is 0.307 e. The highest BCUT2D eigenvalue weighted by Gasteiger charge is 2.52. The minimum atomic E-state index is -3.69. The average molecular weight is 305 g/mol. The van der Waals surface area contributed by atoms with E-state index in [2.05, 4.69) is 5.10 Å². The highest BCUT2D eigenvalue weighted by Crippen LogP contribution is 2.32. The van der Waals surface area contributed by atoms with E-state index in [0.29, 0.717) is 23.8 Å². The van der Waals surface area contributed by atoms with Crippen LogP contribution in [-0.2, 0) is 28.6 Å². The zero-order valence-corrected chi connectivity index (χ0v) is 11.9. The minimum Gasteiger partial charge on any atom is -0.272 e. The monoisotopic (exact) mass is 304 g/mol. The van der Waals surface area contributed by atoms with E-state index >= 15 is 0 Å². The lowest BCUT2D eigenvalue weighted by atomic mass is 10.2. The molecule has 0 aromatic carbocycles. The van der Waals surface area contributed by atoms with Gasteiger partial charge in [-0.3, -0.25) is 9.48 Å². The van der Waals surface area contributed by atoms with E-state index in [0.717, 1.165) is 10.7 Å². The first-order chi connectivity index (χ1) is 8.91. The number of aromatic nitrogens is 2. The summed E-state index contributed by atoms with van der Waals surface area (Å²) >= 11 is 5.86. The van der Waals surface area contributed by atoms with E-state index in [1.54, 1.807) is 13.1 Å². The first kappa shape index (κ1) is 12.9. The lowest BCUT2D eigenvalue weighted by Gasteiger charge is -2.15. The lowest BCUT2D eigenvalue weighted by Crippen LogP contribution is -2.33. The van der Waals surface area contributed by atoms with Crippen molar-refractivity contribution in [3.05, 3.63) is 16.9 Å². The molecule has 3 heterocycles. The van der Waals surface area contributed by atoms with Crippen LogP contribution in [0.2, 0.25) is 5.15 Å². The van der Waals surface area contributed by atoms with Crippen LogP contribution in [0.3, 0.4) is 0 Å². The standard InChI is InChI=1S/C10H13ClN4O3S/c1-13-9(11)5-7(12-13)6-15-10(16)8-3-2-4-14(8)19(15,17)18/h5,8H,2-4,6H2,1H3/t8-/m0/s1. The third-order valence-corrected chi connectivity index (χ3v) is 5.74. The molecule has 2 aliphatic rings. The number of aryl methyl sites for hydroxylation is 1. The number of carbonyl (C=O) groups is 1. The number of hydrogen-bond acceptors (Lipinski definition) is 4. The number of carbonyl (C=O) groups excluding carboxylic acids is 1. The highest BCUT2D eigenvalue weighted by atomic mass is 35.5. The Hall–Kier alpha value is -1.12. The van der Waals surface area contributed by atoms with Crippen molar-refractivity contribution in [2.45, 2.75) is 25.4 Å². The van der Waals surface area contributed by atoms with Gasteiger partial charge in [-0.05, 0) is 12.8 Å². The average Bonchev–Trinajstić information content (AvgIpc) is 2.97. The summed E-state index contributed by atoms with van der Waals surface area (Å²) in [4.78, 5) is 12.1. The molecule has 0 unspecified atom stereocenters. The minimum absolute atomic E-state index is 0.0608. The maximum atomic E-state index is 12.2. The summed E-state index contributed by atoms with van der Waals surface area (Å²) < 4.78 is 28.1. The Balaban J connectivity index is 1.91. The van der Waals surface area contributed by atoms with Gasteiger partial charge in [-0.2, -0.15) is 17.8 Å². The van der Waals surface area contributed by atoms with Crippen LogP contribution in [0.4, 0.5) is 0 Å². The van der Waals surface area contributed by atoms with Gasteiger partial charge < -0.3 is 0 Å². The van der Waals surface area contributed by atoms with Crippen molar-refractivity contribution in [1.29, 1.82) is 0 Å². The summed E-state index contributed by atoms with van der Waals surface area (Å²) in [6, 6.07) is 1.04. The summed E-state index contributed by atoms with van der Waals surface area (Å²) in [7, 11) is -2.03. The van der Waals surface area contributed by atoms with E-state index in [-0.39, 0.29) is 12.5 Å². The largest absolute Gasteiger partial charge is 0.307 e. The van der Waals surface area contributed by atoms with E-state index in [4.69, 9.17) is 11.6 Å². The highest BCUT2D eigenvalue weighted by molar-refractivity contribution is 7.87.